The van der Waals surface area contributed by atoms with Gasteiger partial charge in [-0.15, -0.1) is 0 Å². The SMILES string of the molecule is COC(=O)c1ccc(CN(C)C(=O)NCc2cccnc2)cc1. The molecule has 0 unspecified atom stereocenters. The molecule has 0 aliphatic carbocycles. The van der Waals surface area contributed by atoms with Crippen molar-refractivity contribution in [3.05, 3.63) is 65.5 Å². The zero-order valence-electron chi connectivity index (χ0n) is 13.2. The van der Waals surface area contributed by atoms with Gasteiger partial charge in [-0.1, -0.05) is 18.2 Å². The van der Waals surface area contributed by atoms with Crippen molar-refractivity contribution in [1.82, 2.24) is 15.2 Å². The summed E-state index contributed by atoms with van der Waals surface area (Å²) in [4.78, 5) is 29.0. The van der Waals surface area contributed by atoms with Crippen molar-refractivity contribution in [3.8, 4) is 0 Å². The first-order chi connectivity index (χ1) is 11.1. The number of hydrogen-bond acceptors (Lipinski definition) is 4. The van der Waals surface area contributed by atoms with Gasteiger partial charge in [-0.3, -0.25) is 4.98 Å². The summed E-state index contributed by atoms with van der Waals surface area (Å²) in [6.07, 6.45) is 3.40. The predicted molar refractivity (Wildman–Crippen MR) is 85.7 cm³/mol. The summed E-state index contributed by atoms with van der Waals surface area (Å²) < 4.78 is 4.65. The molecule has 1 aromatic carbocycles. The largest absolute Gasteiger partial charge is 0.465 e. The van der Waals surface area contributed by atoms with Gasteiger partial charge >= 0.3 is 12.0 Å². The molecule has 23 heavy (non-hydrogen) atoms. The highest BCUT2D eigenvalue weighted by Crippen LogP contribution is 2.08. The van der Waals surface area contributed by atoms with Crippen LogP contribution in [0.5, 0.6) is 0 Å². The molecular weight excluding hydrogens is 294 g/mol. The lowest BCUT2D eigenvalue weighted by Gasteiger charge is -2.18. The van der Waals surface area contributed by atoms with E-state index < -0.39 is 0 Å². The van der Waals surface area contributed by atoms with Gasteiger partial charge in [-0.05, 0) is 29.3 Å². The third-order valence-corrected chi connectivity index (χ3v) is 3.31. The molecular formula is C17H19N3O3. The van der Waals surface area contributed by atoms with Crippen LogP contribution in [0.4, 0.5) is 4.79 Å². The lowest BCUT2D eigenvalue weighted by Crippen LogP contribution is -2.36. The Bertz CT molecular complexity index is 657. The van der Waals surface area contributed by atoms with Crippen LogP contribution in [0, 0.1) is 0 Å². The van der Waals surface area contributed by atoms with E-state index in [0.29, 0.717) is 18.7 Å². The summed E-state index contributed by atoms with van der Waals surface area (Å²) in [6.45, 7) is 0.874. The molecule has 6 nitrogen and oxygen atoms in total. The van der Waals surface area contributed by atoms with Crippen molar-refractivity contribution in [1.29, 1.82) is 0 Å². The van der Waals surface area contributed by atoms with Crippen LogP contribution in [-0.4, -0.2) is 36.0 Å². The van der Waals surface area contributed by atoms with Gasteiger partial charge in [0, 0.05) is 32.5 Å². The van der Waals surface area contributed by atoms with Crippen LogP contribution in [0.15, 0.2) is 48.8 Å². The second kappa shape index (κ2) is 7.93. The molecule has 1 aromatic heterocycles. The molecule has 0 aliphatic heterocycles. The minimum atomic E-state index is -0.376. The standard InChI is InChI=1S/C17H19N3O3/c1-20(17(22)19-11-14-4-3-9-18-10-14)12-13-5-7-15(8-6-13)16(21)23-2/h3-10H,11-12H2,1-2H3,(H,19,22). The molecule has 0 atom stereocenters. The van der Waals surface area contributed by atoms with E-state index in [1.54, 1.807) is 48.6 Å². The molecule has 2 amide bonds. The molecule has 0 aliphatic rings. The van der Waals surface area contributed by atoms with E-state index >= 15 is 0 Å². The Morgan fingerprint density at radius 2 is 1.91 bits per heavy atom. The molecule has 0 spiro atoms. The van der Waals surface area contributed by atoms with Gasteiger partial charge in [-0.2, -0.15) is 0 Å². The Morgan fingerprint density at radius 3 is 2.52 bits per heavy atom. The number of carbonyl (C=O) groups excluding carboxylic acids is 2. The molecule has 1 N–H and O–H groups in total. The van der Waals surface area contributed by atoms with Crippen LogP contribution in [-0.2, 0) is 17.8 Å². The second-order valence-corrected chi connectivity index (χ2v) is 5.06. The van der Waals surface area contributed by atoms with Gasteiger partial charge in [0.1, 0.15) is 0 Å². The number of amides is 2. The number of benzene rings is 1. The lowest BCUT2D eigenvalue weighted by molar-refractivity contribution is 0.0600. The number of urea groups is 1. The van der Waals surface area contributed by atoms with Gasteiger partial charge in [0.05, 0.1) is 12.7 Å². The van der Waals surface area contributed by atoms with Crippen molar-refractivity contribution in [2.45, 2.75) is 13.1 Å². The summed E-state index contributed by atoms with van der Waals surface area (Å²) in [5, 5.41) is 2.83. The van der Waals surface area contributed by atoms with Gasteiger partial charge in [-0.25, -0.2) is 9.59 Å². The smallest absolute Gasteiger partial charge is 0.337 e. The first-order valence-electron chi connectivity index (χ1n) is 7.15. The normalized spacial score (nSPS) is 10.0. The van der Waals surface area contributed by atoms with Crippen LogP contribution < -0.4 is 5.32 Å². The lowest BCUT2D eigenvalue weighted by atomic mass is 10.1. The van der Waals surface area contributed by atoms with E-state index in [9.17, 15) is 9.59 Å². The minimum absolute atomic E-state index is 0.175. The Morgan fingerprint density at radius 1 is 1.17 bits per heavy atom. The van der Waals surface area contributed by atoms with E-state index in [0.717, 1.165) is 11.1 Å². The Balaban J connectivity index is 1.86. The maximum Gasteiger partial charge on any atom is 0.337 e. The first kappa shape index (κ1) is 16.5. The first-order valence-corrected chi connectivity index (χ1v) is 7.15. The van der Waals surface area contributed by atoms with Crippen molar-refractivity contribution >= 4 is 12.0 Å². The molecule has 0 fully saturated rings. The zero-order chi connectivity index (χ0) is 16.7. The Hall–Kier alpha value is -2.89. The fourth-order valence-electron chi connectivity index (χ4n) is 2.03. The van der Waals surface area contributed by atoms with E-state index in [1.807, 2.05) is 12.1 Å². The maximum atomic E-state index is 12.1. The Labute approximate surface area is 135 Å². The van der Waals surface area contributed by atoms with Crippen molar-refractivity contribution in [2.75, 3.05) is 14.2 Å². The Kier molecular flexibility index (Phi) is 5.68. The molecule has 6 heteroatoms. The molecule has 0 saturated heterocycles. The van der Waals surface area contributed by atoms with Gasteiger partial charge in [0.2, 0.25) is 0 Å². The topological polar surface area (TPSA) is 71.5 Å². The average Bonchev–Trinajstić information content (AvgIpc) is 2.60. The number of hydrogen-bond donors (Lipinski definition) is 1. The second-order valence-electron chi connectivity index (χ2n) is 5.06. The molecule has 0 bridgehead atoms. The average molecular weight is 313 g/mol. The number of rotatable bonds is 5. The van der Waals surface area contributed by atoms with Crippen LogP contribution in [0.1, 0.15) is 21.5 Å². The number of pyridine rings is 1. The molecule has 1 heterocycles. The van der Waals surface area contributed by atoms with E-state index in [1.165, 1.54) is 7.11 Å². The summed E-state index contributed by atoms with van der Waals surface area (Å²) >= 11 is 0. The highest BCUT2D eigenvalue weighted by molar-refractivity contribution is 5.89. The number of carbonyl (C=O) groups is 2. The van der Waals surface area contributed by atoms with Crippen molar-refractivity contribution in [3.63, 3.8) is 0 Å². The molecule has 0 saturated carbocycles. The third kappa shape index (κ3) is 4.81. The van der Waals surface area contributed by atoms with Gasteiger partial charge < -0.3 is 15.0 Å². The van der Waals surface area contributed by atoms with Gasteiger partial charge in [0.15, 0.2) is 0 Å². The van der Waals surface area contributed by atoms with Crippen molar-refractivity contribution in [2.24, 2.45) is 0 Å². The summed E-state index contributed by atoms with van der Waals surface area (Å²) in [5.74, 6) is -0.376. The number of esters is 1. The van der Waals surface area contributed by atoms with Crippen LogP contribution in [0.25, 0.3) is 0 Å². The molecule has 120 valence electrons. The number of methoxy groups -OCH3 is 1. The predicted octanol–water partition coefficient (Wildman–Crippen LogP) is 2.21. The van der Waals surface area contributed by atoms with E-state index in [2.05, 4.69) is 15.0 Å². The number of aromatic nitrogens is 1. The summed E-state index contributed by atoms with van der Waals surface area (Å²) in [6, 6.07) is 10.5. The number of ether oxygens (including phenoxy) is 1. The van der Waals surface area contributed by atoms with Crippen molar-refractivity contribution < 1.29 is 14.3 Å². The van der Waals surface area contributed by atoms with Gasteiger partial charge in [0.25, 0.3) is 0 Å². The zero-order valence-corrected chi connectivity index (χ0v) is 13.2. The van der Waals surface area contributed by atoms with E-state index in [4.69, 9.17) is 0 Å². The molecule has 0 radical (unpaired) electrons. The number of nitrogens with zero attached hydrogens (tertiary/aromatic N) is 2. The van der Waals surface area contributed by atoms with Crippen LogP contribution >= 0.6 is 0 Å². The highest BCUT2D eigenvalue weighted by Gasteiger charge is 2.10. The fraction of sp³-hybridized carbons (Fsp3) is 0.235. The monoisotopic (exact) mass is 313 g/mol. The number of nitrogens with one attached hydrogen (secondary N) is 1. The minimum Gasteiger partial charge on any atom is -0.465 e. The third-order valence-electron chi connectivity index (χ3n) is 3.31. The molecule has 2 aromatic rings. The quantitative estimate of drug-likeness (QED) is 0.859. The highest BCUT2D eigenvalue weighted by atomic mass is 16.5. The van der Waals surface area contributed by atoms with E-state index in [-0.39, 0.29) is 12.0 Å². The molecule has 2 rings (SSSR count). The summed E-state index contributed by atoms with van der Waals surface area (Å²) in [7, 11) is 3.06. The van der Waals surface area contributed by atoms with Crippen LogP contribution in [0.2, 0.25) is 0 Å². The fourth-order valence-corrected chi connectivity index (χ4v) is 2.03. The van der Waals surface area contributed by atoms with Crippen LogP contribution in [0.3, 0.4) is 0 Å². The summed E-state index contributed by atoms with van der Waals surface area (Å²) in [5.41, 5.74) is 2.35. The maximum absolute atomic E-state index is 12.1.